The minimum atomic E-state index is -0.750. The highest BCUT2D eigenvalue weighted by molar-refractivity contribution is 5.82. The topological polar surface area (TPSA) is 83.5 Å². The molecule has 0 saturated heterocycles. The Morgan fingerprint density at radius 2 is 1.96 bits per heavy atom. The van der Waals surface area contributed by atoms with E-state index in [0.717, 1.165) is 24.6 Å². The van der Waals surface area contributed by atoms with E-state index in [1.165, 1.54) is 11.0 Å². The molecule has 1 aliphatic carbocycles. The van der Waals surface area contributed by atoms with Crippen molar-refractivity contribution in [3.05, 3.63) is 40.8 Å². The summed E-state index contributed by atoms with van der Waals surface area (Å²) in [5, 5.41) is 10.4. The normalized spacial score (nSPS) is 17.3. The van der Waals surface area contributed by atoms with E-state index < -0.39 is 17.3 Å². The molecule has 26 heavy (non-hydrogen) atoms. The quantitative estimate of drug-likeness (QED) is 0.787. The van der Waals surface area contributed by atoms with Crippen molar-refractivity contribution < 1.29 is 13.9 Å². The molecule has 0 radical (unpaired) electrons. The molecule has 0 N–H and O–H groups in total. The van der Waals surface area contributed by atoms with E-state index in [0.29, 0.717) is 24.2 Å². The lowest BCUT2D eigenvalue weighted by molar-refractivity contribution is -0.141. The minimum absolute atomic E-state index is 0.233. The molecule has 1 atom stereocenters. The molecular weight excluding hydrogens is 332 g/mol. The Morgan fingerprint density at radius 1 is 1.27 bits per heavy atom. The SMILES string of the molecule is C[C@@H](Oc1ccc2ccc(=O)oc2c1)C(=O)N(C)C1(C#N)CCCCC1. The van der Waals surface area contributed by atoms with Crippen molar-refractivity contribution in [3.63, 3.8) is 0 Å². The van der Waals surface area contributed by atoms with Crippen LogP contribution >= 0.6 is 0 Å². The van der Waals surface area contributed by atoms with Crippen LogP contribution in [0.1, 0.15) is 39.0 Å². The van der Waals surface area contributed by atoms with E-state index in [4.69, 9.17) is 9.15 Å². The van der Waals surface area contributed by atoms with Gasteiger partial charge in [0.1, 0.15) is 16.9 Å². The second-order valence-electron chi connectivity index (χ2n) is 6.82. The third kappa shape index (κ3) is 3.43. The van der Waals surface area contributed by atoms with Gasteiger partial charge >= 0.3 is 5.63 Å². The number of rotatable bonds is 4. The van der Waals surface area contributed by atoms with Crippen molar-refractivity contribution in [3.8, 4) is 11.8 Å². The smallest absolute Gasteiger partial charge is 0.336 e. The van der Waals surface area contributed by atoms with Crippen LogP contribution in [0.4, 0.5) is 0 Å². The zero-order valence-corrected chi connectivity index (χ0v) is 15.0. The van der Waals surface area contributed by atoms with Crippen molar-refractivity contribution in [1.29, 1.82) is 5.26 Å². The summed E-state index contributed by atoms with van der Waals surface area (Å²) in [5.41, 5.74) is -0.779. The number of carbonyl (C=O) groups is 1. The molecule has 1 aromatic heterocycles. The van der Waals surface area contributed by atoms with Crippen LogP contribution < -0.4 is 10.4 Å². The number of hydrogen-bond acceptors (Lipinski definition) is 5. The van der Waals surface area contributed by atoms with Crippen molar-refractivity contribution in [2.75, 3.05) is 7.05 Å². The lowest BCUT2D eigenvalue weighted by Gasteiger charge is -2.40. The average Bonchev–Trinajstić information content (AvgIpc) is 2.67. The molecule has 1 amide bonds. The number of amides is 1. The van der Waals surface area contributed by atoms with Gasteiger partial charge in [0.05, 0.1) is 6.07 Å². The van der Waals surface area contributed by atoms with E-state index in [1.54, 1.807) is 38.2 Å². The third-order valence-electron chi connectivity index (χ3n) is 5.12. The van der Waals surface area contributed by atoms with Crippen LogP contribution in [0.3, 0.4) is 0 Å². The van der Waals surface area contributed by atoms with Crippen LogP contribution in [0.5, 0.6) is 5.75 Å². The molecule has 1 aliphatic rings. The first-order chi connectivity index (χ1) is 12.4. The number of ether oxygens (including phenoxy) is 1. The molecule has 136 valence electrons. The zero-order chi connectivity index (χ0) is 18.7. The van der Waals surface area contributed by atoms with Gasteiger partial charge in [-0.05, 0) is 38.0 Å². The molecule has 0 bridgehead atoms. The first kappa shape index (κ1) is 18.0. The number of carbonyl (C=O) groups excluding carboxylic acids is 1. The molecular formula is C20H22N2O4. The van der Waals surface area contributed by atoms with Crippen LogP contribution in [0.25, 0.3) is 11.0 Å². The number of nitriles is 1. The van der Waals surface area contributed by atoms with Crippen molar-refractivity contribution in [1.82, 2.24) is 4.90 Å². The second-order valence-corrected chi connectivity index (χ2v) is 6.82. The summed E-state index contributed by atoms with van der Waals surface area (Å²) in [7, 11) is 1.68. The van der Waals surface area contributed by atoms with E-state index in [9.17, 15) is 14.9 Å². The van der Waals surface area contributed by atoms with Crippen LogP contribution in [0.2, 0.25) is 0 Å². The van der Waals surface area contributed by atoms with Crippen molar-refractivity contribution in [2.24, 2.45) is 0 Å². The molecule has 1 heterocycles. The molecule has 1 saturated carbocycles. The van der Waals surface area contributed by atoms with Gasteiger partial charge in [0, 0.05) is 24.6 Å². The van der Waals surface area contributed by atoms with Crippen molar-refractivity contribution in [2.45, 2.75) is 50.7 Å². The van der Waals surface area contributed by atoms with Crippen LogP contribution in [-0.4, -0.2) is 29.5 Å². The molecule has 6 nitrogen and oxygen atoms in total. The number of likely N-dealkylation sites (N-methyl/N-ethyl adjacent to an activating group) is 1. The summed E-state index contributed by atoms with van der Waals surface area (Å²) in [5.74, 6) is 0.207. The first-order valence-electron chi connectivity index (χ1n) is 8.85. The van der Waals surface area contributed by atoms with Crippen LogP contribution in [0, 0.1) is 11.3 Å². The summed E-state index contributed by atoms with van der Waals surface area (Å²) in [6.45, 7) is 1.66. The second kappa shape index (κ2) is 7.20. The van der Waals surface area contributed by atoms with Gasteiger partial charge in [-0.3, -0.25) is 4.79 Å². The maximum atomic E-state index is 12.8. The van der Waals surface area contributed by atoms with Gasteiger partial charge in [0.15, 0.2) is 6.10 Å². The number of benzene rings is 1. The number of hydrogen-bond donors (Lipinski definition) is 0. The predicted octanol–water partition coefficient (Wildman–Crippen LogP) is 3.25. The molecule has 0 aliphatic heterocycles. The van der Waals surface area contributed by atoms with Gasteiger partial charge in [-0.2, -0.15) is 5.26 Å². The number of fused-ring (bicyclic) bond motifs is 1. The molecule has 3 rings (SSSR count). The first-order valence-corrected chi connectivity index (χ1v) is 8.85. The Kier molecular flexibility index (Phi) is 4.99. The summed E-state index contributed by atoms with van der Waals surface area (Å²) >= 11 is 0. The minimum Gasteiger partial charge on any atom is -0.481 e. The maximum Gasteiger partial charge on any atom is 0.336 e. The predicted molar refractivity (Wildman–Crippen MR) is 96.8 cm³/mol. The van der Waals surface area contributed by atoms with Gasteiger partial charge in [0.2, 0.25) is 0 Å². The molecule has 2 aromatic rings. The summed E-state index contributed by atoms with van der Waals surface area (Å²) in [4.78, 5) is 25.7. The maximum absolute atomic E-state index is 12.8. The number of nitrogens with zero attached hydrogens (tertiary/aromatic N) is 2. The highest BCUT2D eigenvalue weighted by Gasteiger charge is 2.40. The fourth-order valence-electron chi connectivity index (χ4n) is 3.51. The summed E-state index contributed by atoms with van der Waals surface area (Å²) in [6, 6.07) is 10.5. The average molecular weight is 354 g/mol. The molecule has 1 fully saturated rings. The molecule has 1 aromatic carbocycles. The standard InChI is InChI=1S/C20H22N2O4/c1-14(19(24)22(2)20(13-21)10-4-3-5-11-20)25-16-8-6-15-7-9-18(23)26-17(15)12-16/h6-9,12,14H,3-5,10-11H2,1-2H3/t14-/m1/s1. The van der Waals surface area contributed by atoms with Gasteiger partial charge in [-0.25, -0.2) is 4.79 Å². The van der Waals surface area contributed by atoms with E-state index >= 15 is 0 Å². The van der Waals surface area contributed by atoms with Gasteiger partial charge in [-0.15, -0.1) is 0 Å². The Labute approximate surface area is 152 Å². The third-order valence-corrected chi connectivity index (χ3v) is 5.12. The monoisotopic (exact) mass is 354 g/mol. The Hall–Kier alpha value is -2.81. The van der Waals surface area contributed by atoms with Gasteiger partial charge in [-0.1, -0.05) is 19.3 Å². The largest absolute Gasteiger partial charge is 0.481 e. The molecule has 0 spiro atoms. The zero-order valence-electron chi connectivity index (χ0n) is 15.0. The van der Waals surface area contributed by atoms with E-state index in [-0.39, 0.29) is 5.91 Å². The Bertz CT molecular complexity index is 906. The Balaban J connectivity index is 1.76. The fourth-order valence-corrected chi connectivity index (χ4v) is 3.51. The molecule has 6 heteroatoms. The highest BCUT2D eigenvalue weighted by Crippen LogP contribution is 2.33. The van der Waals surface area contributed by atoms with Crippen molar-refractivity contribution >= 4 is 16.9 Å². The van der Waals surface area contributed by atoms with E-state index in [2.05, 4.69) is 6.07 Å². The summed E-state index contributed by atoms with van der Waals surface area (Å²) in [6.07, 6.45) is 3.63. The lowest BCUT2D eigenvalue weighted by atomic mass is 9.81. The van der Waals surface area contributed by atoms with E-state index in [1.807, 2.05) is 0 Å². The fraction of sp³-hybridized carbons (Fsp3) is 0.450. The molecule has 0 unspecified atom stereocenters. The van der Waals surface area contributed by atoms with Crippen LogP contribution in [-0.2, 0) is 4.79 Å². The Morgan fingerprint density at radius 3 is 2.65 bits per heavy atom. The van der Waals surface area contributed by atoms with Gasteiger partial charge in [0.25, 0.3) is 5.91 Å². The summed E-state index contributed by atoms with van der Waals surface area (Å²) < 4.78 is 10.9. The highest BCUT2D eigenvalue weighted by atomic mass is 16.5. The van der Waals surface area contributed by atoms with Crippen LogP contribution in [0.15, 0.2) is 39.5 Å². The lowest BCUT2D eigenvalue weighted by Crippen LogP contribution is -2.53. The van der Waals surface area contributed by atoms with Gasteiger partial charge < -0.3 is 14.1 Å².